The van der Waals surface area contributed by atoms with E-state index in [0.717, 1.165) is 0 Å². The highest BCUT2D eigenvalue weighted by Gasteiger charge is 2.02. The standard InChI is InChI=1S/C9H7NO3/c11-6-2-4-8-3-1-5-9(7-8)10(12)13/h1-7H/b4-2-. The summed E-state index contributed by atoms with van der Waals surface area (Å²) in [4.78, 5) is 19.8. The van der Waals surface area contributed by atoms with Crippen LogP contribution in [0.5, 0.6) is 0 Å². The molecule has 0 N–H and O–H groups in total. The molecule has 0 saturated carbocycles. The van der Waals surface area contributed by atoms with Crippen LogP contribution in [-0.4, -0.2) is 11.2 Å². The Kier molecular flexibility index (Phi) is 2.92. The van der Waals surface area contributed by atoms with Crippen LogP contribution in [0, 0.1) is 10.1 Å². The van der Waals surface area contributed by atoms with Crippen molar-refractivity contribution in [3.05, 3.63) is 46.0 Å². The Morgan fingerprint density at radius 2 is 2.15 bits per heavy atom. The van der Waals surface area contributed by atoms with Crippen molar-refractivity contribution < 1.29 is 9.72 Å². The molecule has 4 nitrogen and oxygen atoms in total. The minimum Gasteiger partial charge on any atom is -0.299 e. The number of aldehydes is 1. The van der Waals surface area contributed by atoms with E-state index >= 15 is 0 Å². The second-order valence-electron chi connectivity index (χ2n) is 2.35. The van der Waals surface area contributed by atoms with E-state index in [4.69, 9.17) is 0 Å². The van der Waals surface area contributed by atoms with Crippen molar-refractivity contribution in [3.8, 4) is 0 Å². The number of nitro benzene ring substituents is 1. The number of non-ortho nitro benzene ring substituents is 1. The second kappa shape index (κ2) is 4.15. The molecule has 0 heterocycles. The Hall–Kier alpha value is -1.97. The molecule has 4 heteroatoms. The van der Waals surface area contributed by atoms with Crippen molar-refractivity contribution in [3.63, 3.8) is 0 Å². The molecule has 1 rings (SSSR count). The topological polar surface area (TPSA) is 60.2 Å². The average molecular weight is 177 g/mol. The number of nitrogens with zero attached hydrogens (tertiary/aromatic N) is 1. The van der Waals surface area contributed by atoms with E-state index in [1.54, 1.807) is 12.1 Å². The van der Waals surface area contributed by atoms with Crippen LogP contribution in [0.4, 0.5) is 5.69 Å². The summed E-state index contributed by atoms with van der Waals surface area (Å²) in [5, 5.41) is 10.3. The van der Waals surface area contributed by atoms with Gasteiger partial charge < -0.3 is 0 Å². The first-order valence-electron chi connectivity index (χ1n) is 3.60. The van der Waals surface area contributed by atoms with Crippen LogP contribution in [0.1, 0.15) is 5.56 Å². The van der Waals surface area contributed by atoms with Crippen molar-refractivity contribution in [2.45, 2.75) is 0 Å². The summed E-state index contributed by atoms with van der Waals surface area (Å²) < 4.78 is 0. The molecule has 0 aliphatic heterocycles. The molecule has 13 heavy (non-hydrogen) atoms. The Bertz CT molecular complexity index is 358. The van der Waals surface area contributed by atoms with Crippen LogP contribution >= 0.6 is 0 Å². The summed E-state index contributed by atoms with van der Waals surface area (Å²) in [7, 11) is 0. The lowest BCUT2D eigenvalue weighted by molar-refractivity contribution is -0.384. The summed E-state index contributed by atoms with van der Waals surface area (Å²) in [5.41, 5.74) is 0.661. The van der Waals surface area contributed by atoms with Crippen molar-refractivity contribution in [2.24, 2.45) is 0 Å². The zero-order valence-electron chi connectivity index (χ0n) is 6.71. The minimum absolute atomic E-state index is 0.0213. The number of benzene rings is 1. The summed E-state index contributed by atoms with van der Waals surface area (Å²) in [6.07, 6.45) is 3.43. The molecular weight excluding hydrogens is 170 g/mol. The molecule has 0 aromatic heterocycles. The molecule has 1 aromatic rings. The van der Waals surface area contributed by atoms with E-state index in [9.17, 15) is 14.9 Å². The molecule has 0 aliphatic rings. The minimum atomic E-state index is -0.474. The quantitative estimate of drug-likeness (QED) is 0.306. The van der Waals surface area contributed by atoms with Gasteiger partial charge in [0, 0.05) is 12.1 Å². The number of carbonyl (C=O) groups excluding carboxylic acids is 1. The van der Waals surface area contributed by atoms with Gasteiger partial charge in [0.2, 0.25) is 0 Å². The van der Waals surface area contributed by atoms with Gasteiger partial charge in [-0.15, -0.1) is 0 Å². The van der Waals surface area contributed by atoms with Gasteiger partial charge in [0.1, 0.15) is 6.29 Å². The highest BCUT2D eigenvalue weighted by molar-refractivity contribution is 5.74. The first-order valence-corrected chi connectivity index (χ1v) is 3.60. The SMILES string of the molecule is O=C/C=C\c1cccc([N+](=O)[O-])c1. The van der Waals surface area contributed by atoms with Crippen molar-refractivity contribution >= 4 is 18.0 Å². The van der Waals surface area contributed by atoms with Gasteiger partial charge in [0.05, 0.1) is 4.92 Å². The Morgan fingerprint density at radius 1 is 1.38 bits per heavy atom. The van der Waals surface area contributed by atoms with Gasteiger partial charge in [0.25, 0.3) is 5.69 Å². The predicted octanol–water partition coefficient (Wildman–Crippen LogP) is 1.81. The Labute approximate surface area is 74.7 Å². The third kappa shape index (κ3) is 2.52. The Morgan fingerprint density at radius 3 is 2.77 bits per heavy atom. The van der Waals surface area contributed by atoms with E-state index in [0.29, 0.717) is 11.8 Å². The van der Waals surface area contributed by atoms with E-state index in [1.807, 2.05) is 0 Å². The number of allylic oxidation sites excluding steroid dienone is 1. The van der Waals surface area contributed by atoms with E-state index in [2.05, 4.69) is 0 Å². The summed E-state index contributed by atoms with van der Waals surface area (Å²) in [6.45, 7) is 0. The summed E-state index contributed by atoms with van der Waals surface area (Å²) in [5.74, 6) is 0. The average Bonchev–Trinajstić information content (AvgIpc) is 2.15. The number of rotatable bonds is 3. The molecule has 0 unspecified atom stereocenters. The van der Waals surface area contributed by atoms with Crippen LogP contribution in [-0.2, 0) is 4.79 Å². The molecule has 0 atom stereocenters. The number of hydrogen-bond acceptors (Lipinski definition) is 3. The molecule has 0 bridgehead atoms. The molecule has 0 amide bonds. The Balaban J connectivity index is 2.98. The van der Waals surface area contributed by atoms with Crippen molar-refractivity contribution in [1.82, 2.24) is 0 Å². The monoisotopic (exact) mass is 177 g/mol. The molecular formula is C9H7NO3. The summed E-state index contributed by atoms with van der Waals surface area (Å²) in [6, 6.07) is 6.06. The zero-order valence-corrected chi connectivity index (χ0v) is 6.71. The van der Waals surface area contributed by atoms with Crippen LogP contribution in [0.25, 0.3) is 6.08 Å². The van der Waals surface area contributed by atoms with Gasteiger partial charge in [-0.3, -0.25) is 14.9 Å². The van der Waals surface area contributed by atoms with E-state index in [1.165, 1.54) is 24.3 Å². The van der Waals surface area contributed by atoms with Gasteiger partial charge in [0.15, 0.2) is 0 Å². The lowest BCUT2D eigenvalue weighted by Gasteiger charge is -1.92. The fourth-order valence-corrected chi connectivity index (χ4v) is 0.892. The number of carbonyl (C=O) groups is 1. The molecule has 66 valence electrons. The molecule has 0 radical (unpaired) electrons. The third-order valence-corrected chi connectivity index (χ3v) is 1.45. The summed E-state index contributed by atoms with van der Waals surface area (Å²) >= 11 is 0. The molecule has 1 aromatic carbocycles. The fourth-order valence-electron chi connectivity index (χ4n) is 0.892. The maximum Gasteiger partial charge on any atom is 0.270 e. The van der Waals surface area contributed by atoms with Gasteiger partial charge in [-0.25, -0.2) is 0 Å². The third-order valence-electron chi connectivity index (χ3n) is 1.45. The van der Waals surface area contributed by atoms with Crippen LogP contribution < -0.4 is 0 Å². The first-order chi connectivity index (χ1) is 6.24. The van der Waals surface area contributed by atoms with Crippen molar-refractivity contribution in [1.29, 1.82) is 0 Å². The second-order valence-corrected chi connectivity index (χ2v) is 2.35. The number of hydrogen-bond donors (Lipinski definition) is 0. The fraction of sp³-hybridized carbons (Fsp3) is 0. The van der Waals surface area contributed by atoms with Gasteiger partial charge in [-0.1, -0.05) is 18.2 Å². The van der Waals surface area contributed by atoms with Gasteiger partial charge >= 0.3 is 0 Å². The predicted molar refractivity (Wildman–Crippen MR) is 48.2 cm³/mol. The first kappa shape index (κ1) is 9.12. The van der Waals surface area contributed by atoms with Gasteiger partial charge in [-0.05, 0) is 11.6 Å². The number of nitro groups is 1. The van der Waals surface area contributed by atoms with Crippen LogP contribution in [0.15, 0.2) is 30.3 Å². The van der Waals surface area contributed by atoms with Crippen LogP contribution in [0.2, 0.25) is 0 Å². The lowest BCUT2D eigenvalue weighted by Crippen LogP contribution is -1.87. The maximum absolute atomic E-state index is 10.3. The van der Waals surface area contributed by atoms with Gasteiger partial charge in [-0.2, -0.15) is 0 Å². The normalized spacial score (nSPS) is 10.2. The molecule has 0 saturated heterocycles. The van der Waals surface area contributed by atoms with Crippen LogP contribution in [0.3, 0.4) is 0 Å². The smallest absolute Gasteiger partial charge is 0.270 e. The zero-order chi connectivity index (χ0) is 9.68. The highest BCUT2D eigenvalue weighted by Crippen LogP contribution is 2.13. The van der Waals surface area contributed by atoms with E-state index in [-0.39, 0.29) is 5.69 Å². The lowest BCUT2D eigenvalue weighted by atomic mass is 10.2. The molecule has 0 fully saturated rings. The molecule has 0 aliphatic carbocycles. The molecule has 0 spiro atoms. The largest absolute Gasteiger partial charge is 0.299 e. The maximum atomic E-state index is 10.3. The van der Waals surface area contributed by atoms with E-state index < -0.39 is 4.92 Å². The highest BCUT2D eigenvalue weighted by atomic mass is 16.6. The van der Waals surface area contributed by atoms with Crippen molar-refractivity contribution in [2.75, 3.05) is 0 Å².